The molecule has 0 aliphatic carbocycles. The van der Waals surface area contributed by atoms with Crippen molar-refractivity contribution in [3.05, 3.63) is 41.2 Å². The van der Waals surface area contributed by atoms with Gasteiger partial charge in [0.2, 0.25) is 0 Å². The molecule has 1 rings (SSSR count). The minimum Gasteiger partial charge on any atom is -0.481 e. The Labute approximate surface area is 223 Å². The van der Waals surface area contributed by atoms with Crippen LogP contribution in [-0.4, -0.2) is 35.4 Å². The lowest BCUT2D eigenvalue weighted by molar-refractivity contribution is -0.148. The van der Waals surface area contributed by atoms with E-state index >= 15 is 0 Å². The number of rotatable bonds is 18. The van der Waals surface area contributed by atoms with Crippen LogP contribution in [0.2, 0.25) is 0 Å². The van der Waals surface area contributed by atoms with Gasteiger partial charge in [0.1, 0.15) is 0 Å². The molecule has 0 unspecified atom stereocenters. The first-order valence-electron chi connectivity index (χ1n) is 13.3. The van der Waals surface area contributed by atoms with Crippen molar-refractivity contribution < 1.29 is 28.2 Å². The molecule has 0 bridgehead atoms. The van der Waals surface area contributed by atoms with Crippen molar-refractivity contribution in [1.29, 1.82) is 0 Å². The summed E-state index contributed by atoms with van der Waals surface area (Å²) >= 11 is 0. The maximum Gasteiger partial charge on any atom is 0.333 e. The monoisotopic (exact) mass is 535 g/mol. The third-order valence-corrected chi connectivity index (χ3v) is 9.82. The zero-order valence-corrected chi connectivity index (χ0v) is 24.0. The van der Waals surface area contributed by atoms with Gasteiger partial charge in [0.25, 0.3) is 9.84 Å². The van der Waals surface area contributed by atoms with Crippen LogP contribution < -0.4 is 0 Å². The second kappa shape index (κ2) is 13.9. The van der Waals surface area contributed by atoms with Crippen molar-refractivity contribution >= 4 is 21.8 Å². The smallest absolute Gasteiger partial charge is 0.333 e. The Bertz CT molecular complexity index is 997. The third kappa shape index (κ3) is 9.45. The molecule has 0 fully saturated rings. The number of nitrogens with zero attached hydrogens (tertiary/aromatic N) is 1. The summed E-state index contributed by atoms with van der Waals surface area (Å²) in [6, 6.07) is 6.64. The Hall–Kier alpha value is -2.40. The second-order valence-electron chi connectivity index (χ2n) is 11.6. The van der Waals surface area contributed by atoms with Crippen molar-refractivity contribution in [3.63, 3.8) is 0 Å². The van der Waals surface area contributed by atoms with Crippen molar-refractivity contribution in [1.82, 2.24) is 0 Å². The number of benzene rings is 1. The number of hydrogen-bond acceptors (Lipinski definition) is 4. The Morgan fingerprint density at radius 1 is 0.730 bits per heavy atom. The lowest BCUT2D eigenvalue weighted by atomic mass is 9.86. The summed E-state index contributed by atoms with van der Waals surface area (Å²) in [5.74, 6) is -1.65. The zero-order valence-electron chi connectivity index (χ0n) is 23.2. The number of hydrogen-bond donors (Lipinski definition) is 2. The summed E-state index contributed by atoms with van der Waals surface area (Å²) in [6.45, 7) is 16.7. The molecule has 37 heavy (non-hydrogen) atoms. The van der Waals surface area contributed by atoms with Crippen LogP contribution in [-0.2, 0) is 19.4 Å². The number of aliphatic carboxylic acids is 2. The number of aryl methyl sites for hydroxylation is 1. The van der Waals surface area contributed by atoms with E-state index in [1.807, 2.05) is 6.92 Å². The first kappa shape index (κ1) is 32.6. The van der Waals surface area contributed by atoms with Crippen LogP contribution >= 0.6 is 0 Å². The van der Waals surface area contributed by atoms with E-state index in [1.165, 1.54) is 0 Å². The van der Waals surface area contributed by atoms with Crippen LogP contribution in [0.5, 0.6) is 0 Å². The first-order valence-corrected chi connectivity index (χ1v) is 14.8. The van der Waals surface area contributed by atoms with Gasteiger partial charge < -0.3 is 10.2 Å². The van der Waals surface area contributed by atoms with Gasteiger partial charge in [0.15, 0.2) is 0 Å². The lowest BCUT2D eigenvalue weighted by Crippen LogP contribution is -2.35. The minimum absolute atomic E-state index is 0.167. The largest absolute Gasteiger partial charge is 0.481 e. The molecule has 1 aromatic rings. The Balaban J connectivity index is 2.85. The van der Waals surface area contributed by atoms with Crippen molar-refractivity contribution in [2.45, 2.75) is 121 Å². The van der Waals surface area contributed by atoms with Gasteiger partial charge in [-0.3, -0.25) is 14.4 Å². The standard InChI is InChI=1S/C29H45NO6S/c1-23-15-17-24(18-16-23)37(35,36)29(30-6,21-13-9-7-11-19-27(2,3)25(31)32)22-14-10-8-12-20-28(4,5)26(33)34/h15-18H,7-14,19-22H2,1-5H3,(H,31,32)(H,33,34). The highest BCUT2D eigenvalue weighted by atomic mass is 32.2. The van der Waals surface area contributed by atoms with Gasteiger partial charge in [-0.2, -0.15) is 0 Å². The molecule has 0 aliphatic heterocycles. The van der Waals surface area contributed by atoms with Gasteiger partial charge in [-0.05, 0) is 72.4 Å². The Kier molecular flexibility index (Phi) is 12.3. The normalized spacial score (nSPS) is 12.8. The van der Waals surface area contributed by atoms with E-state index in [0.29, 0.717) is 25.7 Å². The molecular weight excluding hydrogens is 490 g/mol. The molecule has 0 heterocycles. The number of carboxylic acids is 2. The van der Waals surface area contributed by atoms with Crippen LogP contribution in [0.3, 0.4) is 0 Å². The maximum atomic E-state index is 13.7. The molecule has 0 aliphatic rings. The summed E-state index contributed by atoms with van der Waals surface area (Å²) in [7, 11) is -3.89. The summed E-state index contributed by atoms with van der Waals surface area (Å²) < 4.78 is 27.4. The average molecular weight is 536 g/mol. The summed E-state index contributed by atoms with van der Waals surface area (Å²) in [5, 5.41) is 18.5. The van der Waals surface area contributed by atoms with Crippen molar-refractivity contribution in [3.8, 4) is 0 Å². The van der Waals surface area contributed by atoms with E-state index in [9.17, 15) is 28.2 Å². The highest BCUT2D eigenvalue weighted by Crippen LogP contribution is 2.38. The van der Waals surface area contributed by atoms with Gasteiger partial charge in [0.05, 0.1) is 15.7 Å². The number of sulfone groups is 1. The Morgan fingerprint density at radius 3 is 1.41 bits per heavy atom. The zero-order chi connectivity index (χ0) is 28.3. The fourth-order valence-corrected chi connectivity index (χ4v) is 6.24. The van der Waals surface area contributed by atoms with Crippen molar-refractivity contribution in [2.24, 2.45) is 10.8 Å². The van der Waals surface area contributed by atoms with E-state index in [1.54, 1.807) is 52.0 Å². The fraction of sp³-hybridized carbons (Fsp3) is 0.690. The van der Waals surface area contributed by atoms with Gasteiger partial charge >= 0.3 is 16.8 Å². The van der Waals surface area contributed by atoms with E-state index in [-0.39, 0.29) is 17.7 Å². The molecule has 8 heteroatoms. The summed E-state index contributed by atoms with van der Waals surface area (Å²) in [4.78, 5) is 25.0. The van der Waals surface area contributed by atoms with Crippen LogP contribution in [0.15, 0.2) is 29.2 Å². The molecule has 208 valence electrons. The van der Waals surface area contributed by atoms with Crippen LogP contribution in [0.1, 0.15) is 110 Å². The van der Waals surface area contributed by atoms with Crippen LogP contribution in [0, 0.1) is 24.3 Å². The summed E-state index contributed by atoms with van der Waals surface area (Å²) in [6.07, 6.45) is 7.26. The molecule has 0 aromatic heterocycles. The van der Waals surface area contributed by atoms with Crippen molar-refractivity contribution in [2.75, 3.05) is 0 Å². The molecule has 0 saturated heterocycles. The SMILES string of the molecule is [C-]#[N+]C(CCCCCCC(C)(C)C(=O)O)(CCCCCCC(C)(C)C(=O)O)S(=O)(=O)c1ccc(C)cc1. The third-order valence-electron chi connectivity index (χ3n) is 7.43. The molecule has 0 saturated carbocycles. The first-order chi connectivity index (χ1) is 17.1. The number of unbranched alkanes of at least 4 members (excludes halogenated alkanes) is 6. The predicted molar refractivity (Wildman–Crippen MR) is 146 cm³/mol. The van der Waals surface area contributed by atoms with Gasteiger partial charge in [-0.15, -0.1) is 0 Å². The second-order valence-corrected chi connectivity index (χ2v) is 13.8. The van der Waals surface area contributed by atoms with Crippen LogP contribution in [0.4, 0.5) is 0 Å². The molecule has 2 N–H and O–H groups in total. The average Bonchev–Trinajstić information content (AvgIpc) is 2.82. The van der Waals surface area contributed by atoms with Crippen LogP contribution in [0.25, 0.3) is 4.85 Å². The molecule has 0 radical (unpaired) electrons. The van der Waals surface area contributed by atoms with E-state index in [2.05, 4.69) is 4.85 Å². The molecular formula is C29H45NO6S. The Morgan fingerprint density at radius 2 is 1.08 bits per heavy atom. The molecule has 0 amide bonds. The molecule has 1 aromatic carbocycles. The summed E-state index contributed by atoms with van der Waals surface area (Å²) in [5.41, 5.74) is -0.621. The number of carbonyl (C=O) groups is 2. The molecule has 0 spiro atoms. The topological polar surface area (TPSA) is 113 Å². The van der Waals surface area contributed by atoms with Gasteiger partial charge in [-0.1, -0.05) is 56.2 Å². The van der Waals surface area contributed by atoms with Gasteiger partial charge in [0, 0.05) is 12.8 Å². The molecule has 7 nitrogen and oxygen atoms in total. The predicted octanol–water partition coefficient (Wildman–Crippen LogP) is 7.29. The lowest BCUT2D eigenvalue weighted by Gasteiger charge is -2.23. The number of carboxylic acid groups (broad SMARTS) is 2. The highest BCUT2D eigenvalue weighted by Gasteiger charge is 2.50. The maximum absolute atomic E-state index is 13.7. The fourth-order valence-electron chi connectivity index (χ4n) is 4.36. The highest BCUT2D eigenvalue weighted by molar-refractivity contribution is 7.93. The molecule has 0 atom stereocenters. The van der Waals surface area contributed by atoms with E-state index in [0.717, 1.165) is 44.1 Å². The minimum atomic E-state index is -3.89. The van der Waals surface area contributed by atoms with Gasteiger partial charge in [-0.25, -0.2) is 15.0 Å². The van der Waals surface area contributed by atoms with E-state index < -0.39 is 37.5 Å². The quantitative estimate of drug-likeness (QED) is 0.151. The van der Waals surface area contributed by atoms with E-state index in [4.69, 9.17) is 6.57 Å².